The van der Waals surface area contributed by atoms with Gasteiger partial charge in [0.15, 0.2) is 0 Å². The first-order valence-electron chi connectivity index (χ1n) is 11.7. The summed E-state index contributed by atoms with van der Waals surface area (Å²) in [5.41, 5.74) is 0.732. The van der Waals surface area contributed by atoms with Crippen molar-refractivity contribution < 1.29 is 31.9 Å². The molecule has 1 aliphatic rings. The summed E-state index contributed by atoms with van der Waals surface area (Å²) >= 11 is 0. The third-order valence-electron chi connectivity index (χ3n) is 6.26. The molecule has 1 aromatic heterocycles. The smallest absolute Gasteiger partial charge is 0.405 e. The number of hydrogen-bond acceptors (Lipinski definition) is 5. The zero-order valence-electron chi connectivity index (χ0n) is 20.6. The molecule has 0 saturated carbocycles. The number of nitrogens with one attached hydrogen (secondary N) is 1. The average Bonchev–Trinajstić information content (AvgIpc) is 3.10. The molecule has 0 aliphatic carbocycles. The molecule has 11 heteroatoms. The highest BCUT2D eigenvalue weighted by Gasteiger charge is 2.47. The molecule has 2 amide bonds. The summed E-state index contributed by atoms with van der Waals surface area (Å²) in [6.07, 6.45) is -2.03. The number of ether oxygens (including phenoxy) is 1. The summed E-state index contributed by atoms with van der Waals surface area (Å²) in [6, 6.07) is 15.2. The van der Waals surface area contributed by atoms with Crippen molar-refractivity contribution in [3.8, 4) is 16.9 Å². The summed E-state index contributed by atoms with van der Waals surface area (Å²) in [6.45, 7) is 3.45. The summed E-state index contributed by atoms with van der Waals surface area (Å²) < 4.78 is 56.9. The van der Waals surface area contributed by atoms with Crippen molar-refractivity contribution in [1.29, 1.82) is 0 Å². The van der Waals surface area contributed by atoms with E-state index in [9.17, 15) is 27.2 Å². The Kier molecular flexibility index (Phi) is 6.29. The van der Waals surface area contributed by atoms with Gasteiger partial charge in [0.25, 0.3) is 5.91 Å². The van der Waals surface area contributed by atoms with Gasteiger partial charge in [0.05, 0.1) is 16.7 Å². The van der Waals surface area contributed by atoms with Gasteiger partial charge < -0.3 is 10.1 Å². The van der Waals surface area contributed by atoms with Crippen LogP contribution in [-0.4, -0.2) is 28.1 Å². The lowest BCUT2D eigenvalue weighted by molar-refractivity contribution is -0.274. The summed E-state index contributed by atoms with van der Waals surface area (Å²) in [5.74, 6) is -2.26. The summed E-state index contributed by atoms with van der Waals surface area (Å²) in [4.78, 5) is 36.4. The van der Waals surface area contributed by atoms with Gasteiger partial charge in [-0.3, -0.25) is 9.59 Å². The van der Waals surface area contributed by atoms with Crippen molar-refractivity contribution in [1.82, 2.24) is 9.97 Å². The molecule has 0 saturated heterocycles. The SMILES string of the molecule is CC1(C)C(=O)N(c2ncccn2)c2cccc(-c3ccc(OC(F)(F)F)c(C(=O)Nc4ccc(F)cc4)c3)c21. The number of aromatic nitrogens is 2. The van der Waals surface area contributed by atoms with E-state index in [1.165, 1.54) is 41.6 Å². The number of hydrogen-bond donors (Lipinski definition) is 1. The summed E-state index contributed by atoms with van der Waals surface area (Å²) in [7, 11) is 0. The van der Waals surface area contributed by atoms with Gasteiger partial charge in [-0.25, -0.2) is 19.3 Å². The van der Waals surface area contributed by atoms with E-state index < -0.39 is 34.8 Å². The third kappa shape index (κ3) is 4.90. The molecule has 0 spiro atoms. The predicted molar refractivity (Wildman–Crippen MR) is 135 cm³/mol. The molecule has 2 heterocycles. The molecule has 0 unspecified atom stereocenters. The molecule has 0 bridgehead atoms. The third-order valence-corrected chi connectivity index (χ3v) is 6.26. The van der Waals surface area contributed by atoms with Crippen molar-refractivity contribution >= 4 is 29.1 Å². The molecule has 3 aromatic carbocycles. The first kappa shape index (κ1) is 25.8. The molecule has 0 atom stereocenters. The maximum absolute atomic E-state index is 13.5. The summed E-state index contributed by atoms with van der Waals surface area (Å²) in [5, 5.41) is 2.46. The number of nitrogens with zero attached hydrogens (tertiary/aromatic N) is 3. The largest absolute Gasteiger partial charge is 0.573 e. The second kappa shape index (κ2) is 9.50. The van der Waals surface area contributed by atoms with E-state index in [4.69, 9.17) is 0 Å². The van der Waals surface area contributed by atoms with E-state index in [0.717, 1.165) is 18.2 Å². The molecule has 39 heavy (non-hydrogen) atoms. The van der Waals surface area contributed by atoms with Crippen LogP contribution in [0.5, 0.6) is 5.75 Å². The number of rotatable bonds is 5. The van der Waals surface area contributed by atoms with Crippen LogP contribution >= 0.6 is 0 Å². The number of fused-ring (bicyclic) bond motifs is 1. The molecule has 0 radical (unpaired) electrons. The lowest BCUT2D eigenvalue weighted by atomic mass is 9.81. The fourth-order valence-electron chi connectivity index (χ4n) is 4.55. The minimum absolute atomic E-state index is 0.176. The Morgan fingerprint density at radius 2 is 1.67 bits per heavy atom. The van der Waals surface area contributed by atoms with E-state index in [-0.39, 0.29) is 17.5 Å². The fourth-order valence-corrected chi connectivity index (χ4v) is 4.55. The van der Waals surface area contributed by atoms with E-state index in [1.54, 1.807) is 38.1 Å². The quantitative estimate of drug-likeness (QED) is 0.299. The van der Waals surface area contributed by atoms with Gasteiger partial charge in [-0.2, -0.15) is 0 Å². The lowest BCUT2D eigenvalue weighted by Gasteiger charge is -2.20. The van der Waals surface area contributed by atoms with Crippen LogP contribution in [0, 0.1) is 5.82 Å². The number of carbonyl (C=O) groups is 2. The number of benzene rings is 3. The number of amides is 2. The van der Waals surface area contributed by atoms with E-state index >= 15 is 0 Å². The van der Waals surface area contributed by atoms with Gasteiger partial charge in [0.1, 0.15) is 11.6 Å². The van der Waals surface area contributed by atoms with Crippen LogP contribution in [0.15, 0.2) is 79.1 Å². The minimum atomic E-state index is -5.05. The Bertz CT molecular complexity index is 1570. The Hall–Kier alpha value is -4.80. The topological polar surface area (TPSA) is 84.4 Å². The average molecular weight is 536 g/mol. The number of anilines is 3. The standard InChI is InChI=1S/C28H20F4N4O3/c1-27(2)23-19(5-3-6-21(23)36(25(27)38)26-33-13-4-14-34-26)16-7-12-22(39-28(30,31)32)20(15-16)24(37)35-18-10-8-17(29)9-11-18/h3-15H,1-2H3,(H,35,37). The van der Waals surface area contributed by atoms with Crippen LogP contribution in [0.4, 0.5) is 34.9 Å². The molecule has 5 rings (SSSR count). The zero-order valence-corrected chi connectivity index (χ0v) is 20.6. The molecule has 4 aromatic rings. The Morgan fingerprint density at radius 1 is 0.974 bits per heavy atom. The maximum atomic E-state index is 13.5. The van der Waals surface area contributed by atoms with Crippen molar-refractivity contribution in [3.63, 3.8) is 0 Å². The van der Waals surface area contributed by atoms with Gasteiger partial charge in [-0.1, -0.05) is 18.2 Å². The lowest BCUT2D eigenvalue weighted by Crippen LogP contribution is -2.34. The van der Waals surface area contributed by atoms with Crippen molar-refractivity contribution in [2.45, 2.75) is 25.6 Å². The van der Waals surface area contributed by atoms with Crippen molar-refractivity contribution in [2.75, 3.05) is 10.2 Å². The van der Waals surface area contributed by atoms with E-state index in [2.05, 4.69) is 20.0 Å². The van der Waals surface area contributed by atoms with Gasteiger partial charge in [-0.15, -0.1) is 13.2 Å². The minimum Gasteiger partial charge on any atom is -0.405 e. The highest BCUT2D eigenvalue weighted by molar-refractivity contribution is 6.13. The number of halogens is 4. The van der Waals surface area contributed by atoms with Crippen LogP contribution in [0.3, 0.4) is 0 Å². The highest BCUT2D eigenvalue weighted by atomic mass is 19.4. The van der Waals surface area contributed by atoms with Crippen molar-refractivity contribution in [2.24, 2.45) is 0 Å². The predicted octanol–water partition coefficient (Wildman–Crippen LogP) is 6.39. The molecule has 0 fully saturated rings. The molecular formula is C28H20F4N4O3. The number of carbonyl (C=O) groups excluding carboxylic acids is 2. The van der Waals surface area contributed by atoms with Gasteiger partial charge in [-0.05, 0) is 79.1 Å². The molecule has 7 nitrogen and oxygen atoms in total. The van der Waals surface area contributed by atoms with Crippen molar-refractivity contribution in [3.05, 3.63) is 96.1 Å². The Morgan fingerprint density at radius 3 is 2.33 bits per heavy atom. The zero-order chi connectivity index (χ0) is 27.9. The molecule has 1 N–H and O–H groups in total. The Labute approximate surface area is 220 Å². The van der Waals surface area contributed by atoms with Crippen LogP contribution in [-0.2, 0) is 10.2 Å². The van der Waals surface area contributed by atoms with Gasteiger partial charge in [0.2, 0.25) is 11.9 Å². The molecular weight excluding hydrogens is 516 g/mol. The van der Waals surface area contributed by atoms with Gasteiger partial charge >= 0.3 is 6.36 Å². The second-order valence-electron chi connectivity index (χ2n) is 9.23. The van der Waals surface area contributed by atoms with E-state index in [1.807, 2.05) is 0 Å². The molecule has 1 aliphatic heterocycles. The van der Waals surface area contributed by atoms with Crippen LogP contribution in [0.1, 0.15) is 29.8 Å². The first-order chi connectivity index (χ1) is 18.5. The second-order valence-corrected chi connectivity index (χ2v) is 9.23. The van der Waals surface area contributed by atoms with E-state index in [0.29, 0.717) is 22.4 Å². The van der Waals surface area contributed by atoms with Crippen LogP contribution < -0.4 is 15.0 Å². The molecule has 198 valence electrons. The Balaban J connectivity index is 1.63. The monoisotopic (exact) mass is 536 g/mol. The highest BCUT2D eigenvalue weighted by Crippen LogP contribution is 2.49. The number of alkyl halides is 3. The first-order valence-corrected chi connectivity index (χ1v) is 11.7. The normalized spacial score (nSPS) is 14.2. The van der Waals surface area contributed by atoms with Crippen LogP contribution in [0.25, 0.3) is 11.1 Å². The van der Waals surface area contributed by atoms with Gasteiger partial charge in [0, 0.05) is 18.1 Å². The fraction of sp³-hybridized carbons (Fsp3) is 0.143. The van der Waals surface area contributed by atoms with Crippen LogP contribution in [0.2, 0.25) is 0 Å². The maximum Gasteiger partial charge on any atom is 0.573 e.